The molecule has 3 rings (SSSR count). The van der Waals surface area contributed by atoms with Crippen LogP contribution in [-0.2, 0) is 0 Å². The maximum absolute atomic E-state index is 9.44. The van der Waals surface area contributed by atoms with E-state index in [1.807, 2.05) is 45.9 Å². The van der Waals surface area contributed by atoms with Crippen LogP contribution < -0.4 is 10.1 Å². The number of ether oxygens (including phenoxy) is 1. The summed E-state index contributed by atoms with van der Waals surface area (Å²) in [6.45, 7) is 7.69. The minimum Gasteiger partial charge on any atom is -0.497 e. The quantitative estimate of drug-likeness (QED) is 0.768. The molecule has 1 aromatic carbocycles. The zero-order valence-electron chi connectivity index (χ0n) is 15.0. The van der Waals surface area contributed by atoms with Crippen LogP contribution in [0, 0.1) is 32.1 Å². The number of fused-ring (bicyclic) bond motifs is 1. The highest BCUT2D eigenvalue weighted by atomic mass is 16.5. The van der Waals surface area contributed by atoms with Crippen molar-refractivity contribution in [3.8, 4) is 11.8 Å². The summed E-state index contributed by atoms with van der Waals surface area (Å²) in [6, 6.07) is 7.77. The first-order valence-electron chi connectivity index (χ1n) is 8.03. The van der Waals surface area contributed by atoms with Gasteiger partial charge in [0.05, 0.1) is 18.8 Å². The zero-order valence-corrected chi connectivity index (χ0v) is 15.0. The largest absolute Gasteiger partial charge is 0.497 e. The molecule has 0 aliphatic carbocycles. The van der Waals surface area contributed by atoms with E-state index in [2.05, 4.69) is 21.6 Å². The summed E-state index contributed by atoms with van der Waals surface area (Å²) in [5.74, 6) is 2.05. The average molecular weight is 336 g/mol. The molecule has 0 aliphatic rings. The van der Waals surface area contributed by atoms with Gasteiger partial charge in [0.1, 0.15) is 28.7 Å². The van der Waals surface area contributed by atoms with Crippen molar-refractivity contribution in [3.63, 3.8) is 0 Å². The Morgan fingerprint density at radius 1 is 1.20 bits per heavy atom. The third kappa shape index (κ3) is 2.89. The van der Waals surface area contributed by atoms with E-state index in [9.17, 15) is 5.26 Å². The van der Waals surface area contributed by atoms with E-state index in [-0.39, 0.29) is 6.04 Å². The Bertz CT molecular complexity index is 985. The number of nitrogens with one attached hydrogen (secondary N) is 1. The van der Waals surface area contributed by atoms with Gasteiger partial charge in [-0.2, -0.15) is 10.4 Å². The van der Waals surface area contributed by atoms with Crippen LogP contribution in [0.4, 0.5) is 5.82 Å². The Kier molecular flexibility index (Phi) is 4.32. The fourth-order valence-corrected chi connectivity index (χ4v) is 2.88. The van der Waals surface area contributed by atoms with E-state index in [1.54, 1.807) is 7.11 Å². The minimum atomic E-state index is -0.165. The molecule has 0 aliphatic heterocycles. The van der Waals surface area contributed by atoms with Crippen molar-refractivity contribution in [1.82, 2.24) is 10.2 Å². The lowest BCUT2D eigenvalue weighted by molar-refractivity contribution is 0.415. The van der Waals surface area contributed by atoms with Gasteiger partial charge in [0.15, 0.2) is 5.82 Å². The lowest BCUT2D eigenvalue weighted by Gasteiger charge is -2.15. The number of aromatic nitrogens is 2. The van der Waals surface area contributed by atoms with Crippen molar-refractivity contribution in [2.75, 3.05) is 12.4 Å². The fourth-order valence-electron chi connectivity index (χ4n) is 2.88. The molecule has 0 radical (unpaired) electrons. The second-order valence-corrected chi connectivity index (χ2v) is 6.07. The van der Waals surface area contributed by atoms with E-state index < -0.39 is 0 Å². The average Bonchev–Trinajstić information content (AvgIpc) is 2.94. The Balaban J connectivity index is 1.98. The van der Waals surface area contributed by atoms with Gasteiger partial charge >= 0.3 is 0 Å². The summed E-state index contributed by atoms with van der Waals surface area (Å²) in [5.41, 5.74) is 3.92. The third-order valence-electron chi connectivity index (χ3n) is 4.49. The molecule has 1 N–H and O–H groups in total. The summed E-state index contributed by atoms with van der Waals surface area (Å²) >= 11 is 0. The van der Waals surface area contributed by atoms with Gasteiger partial charge in [-0.1, -0.05) is 0 Å². The number of methoxy groups -OCH3 is 1. The Morgan fingerprint density at radius 2 is 1.96 bits per heavy atom. The first-order chi connectivity index (χ1) is 12.0. The SMILES string of the molecule is COc1ccc2oc(C(C)Nc3nnc(C)c(C)c3C#N)c(C)c2c1. The maximum Gasteiger partial charge on any atom is 0.167 e. The molecule has 25 heavy (non-hydrogen) atoms. The number of aryl methyl sites for hydroxylation is 2. The highest BCUT2D eigenvalue weighted by Crippen LogP contribution is 2.33. The lowest BCUT2D eigenvalue weighted by atomic mass is 10.1. The second-order valence-electron chi connectivity index (χ2n) is 6.07. The van der Waals surface area contributed by atoms with Crippen LogP contribution in [0.15, 0.2) is 22.6 Å². The smallest absolute Gasteiger partial charge is 0.167 e. The van der Waals surface area contributed by atoms with E-state index >= 15 is 0 Å². The normalized spacial score (nSPS) is 12.0. The molecular formula is C19H20N4O2. The molecule has 3 aromatic rings. The Labute approximate surface area is 146 Å². The molecule has 1 atom stereocenters. The van der Waals surface area contributed by atoms with E-state index in [0.717, 1.165) is 39.3 Å². The molecule has 2 heterocycles. The molecule has 0 fully saturated rings. The number of furan rings is 1. The lowest BCUT2D eigenvalue weighted by Crippen LogP contribution is -2.12. The molecule has 0 bridgehead atoms. The minimum absolute atomic E-state index is 0.165. The predicted octanol–water partition coefficient (Wildman–Crippen LogP) is 4.20. The molecule has 0 spiro atoms. The van der Waals surface area contributed by atoms with Gasteiger partial charge in [-0.25, -0.2) is 0 Å². The van der Waals surface area contributed by atoms with Crippen molar-refractivity contribution in [1.29, 1.82) is 5.26 Å². The van der Waals surface area contributed by atoms with Crippen LogP contribution in [0.25, 0.3) is 11.0 Å². The number of nitriles is 1. The third-order valence-corrected chi connectivity index (χ3v) is 4.49. The van der Waals surface area contributed by atoms with Crippen LogP contribution >= 0.6 is 0 Å². The summed E-state index contributed by atoms with van der Waals surface area (Å²) in [6.07, 6.45) is 0. The molecule has 6 heteroatoms. The molecule has 2 aromatic heterocycles. The Hall–Kier alpha value is -3.07. The summed E-state index contributed by atoms with van der Waals surface area (Å²) in [5, 5.41) is 22.0. The van der Waals surface area contributed by atoms with Crippen molar-refractivity contribution in [2.24, 2.45) is 0 Å². The molecule has 0 saturated heterocycles. The Morgan fingerprint density at radius 3 is 2.64 bits per heavy atom. The molecule has 6 nitrogen and oxygen atoms in total. The molecule has 1 unspecified atom stereocenters. The number of hydrogen-bond donors (Lipinski definition) is 1. The topological polar surface area (TPSA) is 84.0 Å². The number of nitrogens with zero attached hydrogens (tertiary/aromatic N) is 3. The van der Waals surface area contributed by atoms with Crippen molar-refractivity contribution >= 4 is 16.8 Å². The van der Waals surface area contributed by atoms with Crippen molar-refractivity contribution in [3.05, 3.63) is 46.3 Å². The van der Waals surface area contributed by atoms with Gasteiger partial charge in [0, 0.05) is 10.9 Å². The van der Waals surface area contributed by atoms with Gasteiger partial charge in [0.25, 0.3) is 0 Å². The van der Waals surface area contributed by atoms with Crippen LogP contribution in [0.1, 0.15) is 41.1 Å². The first kappa shape index (κ1) is 16.8. The second kappa shape index (κ2) is 6.44. The molecular weight excluding hydrogens is 316 g/mol. The van der Waals surface area contributed by atoms with E-state index in [4.69, 9.17) is 9.15 Å². The van der Waals surface area contributed by atoms with Crippen LogP contribution in [-0.4, -0.2) is 17.3 Å². The predicted molar refractivity (Wildman–Crippen MR) is 95.8 cm³/mol. The van der Waals surface area contributed by atoms with Crippen molar-refractivity contribution in [2.45, 2.75) is 33.7 Å². The standard InChI is InChI=1S/C19H20N4O2/c1-10-12(3)22-23-19(16(10)9-20)21-13(4)18-11(2)15-8-14(24-5)6-7-17(15)25-18/h6-8,13H,1-5H3,(H,21,23). The monoisotopic (exact) mass is 336 g/mol. The van der Waals surface area contributed by atoms with Gasteiger partial charge in [-0.15, -0.1) is 5.10 Å². The van der Waals surface area contributed by atoms with Crippen LogP contribution in [0.2, 0.25) is 0 Å². The van der Waals surface area contributed by atoms with E-state index in [1.165, 1.54) is 0 Å². The first-order valence-corrected chi connectivity index (χ1v) is 8.03. The number of benzene rings is 1. The van der Waals surface area contributed by atoms with Crippen LogP contribution in [0.5, 0.6) is 5.75 Å². The summed E-state index contributed by atoms with van der Waals surface area (Å²) in [4.78, 5) is 0. The van der Waals surface area contributed by atoms with Gasteiger partial charge < -0.3 is 14.5 Å². The number of rotatable bonds is 4. The number of hydrogen-bond acceptors (Lipinski definition) is 6. The van der Waals surface area contributed by atoms with Gasteiger partial charge in [-0.3, -0.25) is 0 Å². The highest BCUT2D eigenvalue weighted by Gasteiger charge is 2.20. The van der Waals surface area contributed by atoms with Gasteiger partial charge in [0.2, 0.25) is 0 Å². The van der Waals surface area contributed by atoms with Gasteiger partial charge in [-0.05, 0) is 51.5 Å². The van der Waals surface area contributed by atoms with Crippen LogP contribution in [0.3, 0.4) is 0 Å². The summed E-state index contributed by atoms with van der Waals surface area (Å²) < 4.78 is 11.3. The molecule has 0 amide bonds. The highest BCUT2D eigenvalue weighted by molar-refractivity contribution is 5.83. The van der Waals surface area contributed by atoms with E-state index in [0.29, 0.717) is 11.4 Å². The molecule has 128 valence electrons. The van der Waals surface area contributed by atoms with Crippen molar-refractivity contribution < 1.29 is 9.15 Å². The fraction of sp³-hybridized carbons (Fsp3) is 0.316. The number of anilines is 1. The molecule has 0 saturated carbocycles. The zero-order chi connectivity index (χ0) is 18.1. The summed E-state index contributed by atoms with van der Waals surface area (Å²) in [7, 11) is 1.64. The maximum atomic E-state index is 9.44.